The maximum absolute atomic E-state index is 13.6. The van der Waals surface area contributed by atoms with Gasteiger partial charge in [0.2, 0.25) is 5.88 Å². The van der Waals surface area contributed by atoms with Crippen molar-refractivity contribution in [2.24, 2.45) is 0 Å². The molecule has 0 saturated carbocycles. The van der Waals surface area contributed by atoms with Crippen molar-refractivity contribution in [2.45, 2.75) is 12.8 Å². The van der Waals surface area contributed by atoms with Crippen molar-refractivity contribution in [1.29, 1.82) is 0 Å². The summed E-state index contributed by atoms with van der Waals surface area (Å²) in [7, 11) is 1.54. The summed E-state index contributed by atoms with van der Waals surface area (Å²) in [4.78, 5) is 8.34. The Morgan fingerprint density at radius 2 is 1.97 bits per heavy atom. The largest absolute Gasteiger partial charge is 0.469 e. The summed E-state index contributed by atoms with van der Waals surface area (Å²) < 4.78 is 61.2. The van der Waals surface area contributed by atoms with Crippen LogP contribution in [0.5, 0.6) is 5.88 Å². The minimum absolute atomic E-state index is 0.0292. The predicted octanol–water partition coefficient (Wildman–Crippen LogP) is 5.31. The van der Waals surface area contributed by atoms with Crippen LogP contribution in [0.25, 0.3) is 16.7 Å². The number of nitrogens with zero attached hydrogens (tertiary/aromatic N) is 4. The first-order valence-electron chi connectivity index (χ1n) is 8.44. The Bertz CT molecular complexity index is 1210. The van der Waals surface area contributed by atoms with E-state index in [1.54, 1.807) is 0 Å². The molecule has 1 N–H and O–H groups in total. The normalized spacial score (nSPS) is 11.8. The molecular weight excluding hydrogens is 446 g/mol. The van der Waals surface area contributed by atoms with Crippen molar-refractivity contribution in [2.75, 3.05) is 12.4 Å². The summed E-state index contributed by atoms with van der Waals surface area (Å²) in [5.41, 5.74) is -0.724. The van der Waals surface area contributed by atoms with Crippen LogP contribution in [0.15, 0.2) is 36.5 Å². The molecule has 0 aliphatic heterocycles. The molecule has 3 aromatic heterocycles. The molecule has 0 bridgehead atoms. The number of thiazole rings is 1. The zero-order valence-electron chi connectivity index (χ0n) is 15.2. The fourth-order valence-electron chi connectivity index (χ4n) is 2.77. The van der Waals surface area contributed by atoms with Crippen molar-refractivity contribution in [3.63, 3.8) is 0 Å². The van der Waals surface area contributed by atoms with E-state index in [9.17, 15) is 17.6 Å². The van der Waals surface area contributed by atoms with Gasteiger partial charge in [-0.05, 0) is 30.3 Å². The van der Waals surface area contributed by atoms with Crippen LogP contribution in [0, 0.1) is 5.82 Å². The Labute approximate surface area is 176 Å². The standard InChI is InChI=1S/C18H12ClF4N5OS/c1-24-12-6-11-15(18(21,22)23)27-28(10-4-2-9(20)3-5-10)16(11)26-17(12)29-8-14-25-7-13(19)30-14/h2-7,24H,8H2,1H3. The number of rotatable bonds is 5. The lowest BCUT2D eigenvalue weighted by molar-refractivity contribution is -0.140. The average Bonchev–Trinajstić information content (AvgIpc) is 3.29. The van der Waals surface area contributed by atoms with Gasteiger partial charge in [-0.25, -0.2) is 14.1 Å². The van der Waals surface area contributed by atoms with Crippen LogP contribution < -0.4 is 10.1 Å². The van der Waals surface area contributed by atoms with Gasteiger partial charge in [0.15, 0.2) is 11.3 Å². The number of hydrogen-bond acceptors (Lipinski definition) is 6. The SMILES string of the molecule is CNc1cc2c(C(F)(F)F)nn(-c3ccc(F)cc3)c2nc1OCc1ncc(Cl)s1. The number of ether oxygens (including phenoxy) is 1. The summed E-state index contributed by atoms with van der Waals surface area (Å²) in [6, 6.07) is 6.15. The van der Waals surface area contributed by atoms with E-state index in [2.05, 4.69) is 20.4 Å². The molecule has 30 heavy (non-hydrogen) atoms. The first kappa shape index (κ1) is 20.4. The molecular formula is C18H12ClF4N5OS. The second-order valence-electron chi connectivity index (χ2n) is 6.04. The molecule has 0 atom stereocenters. The number of pyridine rings is 1. The fourth-order valence-corrected chi connectivity index (χ4v) is 3.64. The molecule has 0 spiro atoms. The van der Waals surface area contributed by atoms with Gasteiger partial charge in [0.05, 0.1) is 23.0 Å². The molecule has 6 nitrogen and oxygen atoms in total. The quantitative estimate of drug-likeness (QED) is 0.411. The van der Waals surface area contributed by atoms with Crippen LogP contribution >= 0.6 is 22.9 Å². The lowest BCUT2D eigenvalue weighted by Crippen LogP contribution is -2.07. The predicted molar refractivity (Wildman–Crippen MR) is 105 cm³/mol. The number of hydrogen-bond donors (Lipinski definition) is 1. The molecule has 0 unspecified atom stereocenters. The van der Waals surface area contributed by atoms with Crippen molar-refractivity contribution < 1.29 is 22.3 Å². The monoisotopic (exact) mass is 457 g/mol. The van der Waals surface area contributed by atoms with E-state index in [-0.39, 0.29) is 34.9 Å². The lowest BCUT2D eigenvalue weighted by Gasteiger charge is -2.11. The number of benzene rings is 1. The summed E-state index contributed by atoms with van der Waals surface area (Å²) in [5.74, 6) is -0.462. The van der Waals surface area contributed by atoms with Gasteiger partial charge >= 0.3 is 6.18 Å². The van der Waals surface area contributed by atoms with Crippen molar-refractivity contribution >= 4 is 39.7 Å². The third-order valence-corrected chi connectivity index (χ3v) is 5.18. The Morgan fingerprint density at radius 1 is 1.23 bits per heavy atom. The molecule has 0 fully saturated rings. The smallest absolute Gasteiger partial charge is 0.435 e. The molecule has 0 amide bonds. The summed E-state index contributed by atoms with van der Waals surface area (Å²) >= 11 is 7.06. The van der Waals surface area contributed by atoms with Crippen LogP contribution in [-0.4, -0.2) is 26.8 Å². The third-order valence-electron chi connectivity index (χ3n) is 4.09. The molecule has 4 rings (SSSR count). The highest BCUT2D eigenvalue weighted by molar-refractivity contribution is 7.15. The number of alkyl halides is 3. The van der Waals surface area contributed by atoms with Gasteiger partial charge in [-0.3, -0.25) is 0 Å². The maximum atomic E-state index is 13.6. The Morgan fingerprint density at radius 3 is 2.57 bits per heavy atom. The van der Waals surface area contributed by atoms with Crippen molar-refractivity contribution in [3.05, 3.63) is 57.4 Å². The Hall–Kier alpha value is -2.92. The topological polar surface area (TPSA) is 64.9 Å². The highest BCUT2D eigenvalue weighted by atomic mass is 35.5. The lowest BCUT2D eigenvalue weighted by atomic mass is 10.2. The highest BCUT2D eigenvalue weighted by Gasteiger charge is 2.38. The zero-order valence-corrected chi connectivity index (χ0v) is 16.7. The molecule has 1 aromatic carbocycles. The number of anilines is 1. The number of nitrogens with one attached hydrogen (secondary N) is 1. The minimum atomic E-state index is -4.71. The zero-order chi connectivity index (χ0) is 21.5. The van der Waals surface area contributed by atoms with Crippen LogP contribution in [0.1, 0.15) is 10.7 Å². The van der Waals surface area contributed by atoms with Gasteiger partial charge in [0.1, 0.15) is 21.8 Å². The van der Waals surface area contributed by atoms with Crippen molar-refractivity contribution in [1.82, 2.24) is 19.7 Å². The number of aromatic nitrogens is 4. The summed E-state index contributed by atoms with van der Waals surface area (Å²) in [6.07, 6.45) is -3.24. The van der Waals surface area contributed by atoms with Gasteiger partial charge in [0, 0.05) is 7.05 Å². The molecule has 0 aliphatic rings. The summed E-state index contributed by atoms with van der Waals surface area (Å²) in [5, 5.41) is 6.83. The van der Waals surface area contributed by atoms with Crippen LogP contribution in [0.2, 0.25) is 4.34 Å². The number of fused-ring (bicyclic) bond motifs is 1. The van der Waals surface area contributed by atoms with E-state index in [4.69, 9.17) is 16.3 Å². The van der Waals surface area contributed by atoms with E-state index in [0.29, 0.717) is 9.34 Å². The second-order valence-corrected chi connectivity index (χ2v) is 7.79. The van der Waals surface area contributed by atoms with E-state index in [1.165, 1.54) is 42.8 Å². The average molecular weight is 458 g/mol. The van der Waals surface area contributed by atoms with Gasteiger partial charge in [0.25, 0.3) is 0 Å². The number of halogens is 5. The van der Waals surface area contributed by atoms with E-state index in [1.807, 2.05) is 0 Å². The Kier molecular flexibility index (Phi) is 5.24. The van der Waals surface area contributed by atoms with Gasteiger partial charge < -0.3 is 10.1 Å². The molecule has 0 saturated heterocycles. The van der Waals surface area contributed by atoms with Crippen LogP contribution in [-0.2, 0) is 12.8 Å². The van der Waals surface area contributed by atoms with E-state index >= 15 is 0 Å². The third kappa shape index (κ3) is 3.90. The molecule has 3 heterocycles. The van der Waals surface area contributed by atoms with E-state index < -0.39 is 17.7 Å². The molecule has 4 aromatic rings. The first-order valence-corrected chi connectivity index (χ1v) is 9.63. The van der Waals surface area contributed by atoms with Crippen LogP contribution in [0.4, 0.5) is 23.2 Å². The first-order chi connectivity index (χ1) is 14.3. The maximum Gasteiger partial charge on any atom is 0.435 e. The summed E-state index contributed by atoms with van der Waals surface area (Å²) in [6.45, 7) is 0.0292. The van der Waals surface area contributed by atoms with Gasteiger partial charge in [-0.1, -0.05) is 11.6 Å². The molecule has 156 valence electrons. The minimum Gasteiger partial charge on any atom is -0.469 e. The van der Waals surface area contributed by atoms with Crippen LogP contribution in [0.3, 0.4) is 0 Å². The molecule has 0 aliphatic carbocycles. The van der Waals surface area contributed by atoms with Gasteiger partial charge in [-0.2, -0.15) is 23.3 Å². The Balaban J connectivity index is 1.85. The van der Waals surface area contributed by atoms with Gasteiger partial charge in [-0.15, -0.1) is 11.3 Å². The molecule has 12 heteroatoms. The molecule has 0 radical (unpaired) electrons. The van der Waals surface area contributed by atoms with E-state index in [0.717, 1.165) is 16.8 Å². The highest BCUT2D eigenvalue weighted by Crippen LogP contribution is 2.38. The second kappa shape index (κ2) is 7.73. The fraction of sp³-hybridized carbons (Fsp3) is 0.167. The van der Waals surface area contributed by atoms with Crippen molar-refractivity contribution in [3.8, 4) is 11.6 Å².